The van der Waals surface area contributed by atoms with Crippen LogP contribution in [0.5, 0.6) is 0 Å². The smallest absolute Gasteiger partial charge is 0.268 e. The summed E-state index contributed by atoms with van der Waals surface area (Å²) >= 11 is 0. The van der Waals surface area contributed by atoms with Crippen LogP contribution in [0, 0.1) is 5.41 Å². The van der Waals surface area contributed by atoms with Crippen LogP contribution in [-0.4, -0.2) is 35.4 Å². The first-order valence-electron chi connectivity index (χ1n) is 10.1. The fraction of sp³-hybridized carbons (Fsp3) is 0.364. The number of carbonyl (C=O) groups excluding carboxylic acids is 1. The molecular formula is C22H24N4O3S. The van der Waals surface area contributed by atoms with Gasteiger partial charge >= 0.3 is 0 Å². The third kappa shape index (κ3) is 3.02. The average Bonchev–Trinajstić information content (AvgIpc) is 3.07. The Morgan fingerprint density at radius 1 is 1.27 bits per heavy atom. The van der Waals surface area contributed by atoms with E-state index in [-0.39, 0.29) is 22.3 Å². The molecule has 156 valence electrons. The molecule has 1 aliphatic heterocycles. The minimum atomic E-state index is -3.84. The number of aromatic nitrogens is 2. The minimum Gasteiger partial charge on any atom is -0.347 e. The fourth-order valence-electron chi connectivity index (χ4n) is 4.54. The monoisotopic (exact) mass is 424 g/mol. The number of nitrogens with zero attached hydrogens (tertiary/aromatic N) is 2. The molecule has 2 aromatic heterocycles. The molecule has 0 bridgehead atoms. The van der Waals surface area contributed by atoms with Gasteiger partial charge in [-0.3, -0.25) is 9.78 Å². The Kier molecular flexibility index (Phi) is 4.27. The van der Waals surface area contributed by atoms with Crippen molar-refractivity contribution in [3.8, 4) is 0 Å². The third-order valence-corrected chi connectivity index (χ3v) is 8.17. The highest BCUT2D eigenvalue weighted by Gasteiger charge is 2.58. The maximum absolute atomic E-state index is 13.5. The summed E-state index contributed by atoms with van der Waals surface area (Å²) in [6, 6.07) is 11.5. The molecule has 5 rings (SSSR count). The fourth-order valence-corrected chi connectivity index (χ4v) is 6.16. The minimum absolute atomic E-state index is 0.0945. The maximum atomic E-state index is 13.5. The Morgan fingerprint density at radius 2 is 2.03 bits per heavy atom. The number of rotatable bonds is 5. The maximum Gasteiger partial charge on any atom is 0.268 e. The Hall–Kier alpha value is -2.71. The van der Waals surface area contributed by atoms with Crippen molar-refractivity contribution in [1.82, 2.24) is 19.6 Å². The predicted molar refractivity (Wildman–Crippen MR) is 113 cm³/mol. The van der Waals surface area contributed by atoms with Gasteiger partial charge in [-0.15, -0.1) is 0 Å². The average molecular weight is 425 g/mol. The molecule has 0 radical (unpaired) electrons. The van der Waals surface area contributed by atoms with Crippen molar-refractivity contribution in [1.29, 1.82) is 0 Å². The van der Waals surface area contributed by atoms with E-state index in [9.17, 15) is 13.2 Å². The molecule has 1 aliphatic carbocycles. The highest BCUT2D eigenvalue weighted by atomic mass is 32.2. The zero-order valence-corrected chi connectivity index (χ0v) is 17.7. The number of carbonyl (C=O) groups is 1. The molecular weight excluding hydrogens is 400 g/mol. The van der Waals surface area contributed by atoms with Crippen LogP contribution in [0.1, 0.15) is 38.4 Å². The van der Waals surface area contributed by atoms with Gasteiger partial charge in [-0.25, -0.2) is 12.4 Å². The number of nitrogens with one attached hydrogen (secondary N) is 2. The summed E-state index contributed by atoms with van der Waals surface area (Å²) in [6.07, 6.45) is 5.13. The topological polar surface area (TPSA) is 93.1 Å². The van der Waals surface area contributed by atoms with Crippen molar-refractivity contribution in [3.63, 3.8) is 0 Å². The molecule has 8 heteroatoms. The first-order valence-corrected chi connectivity index (χ1v) is 11.6. The van der Waals surface area contributed by atoms with Crippen molar-refractivity contribution in [3.05, 3.63) is 60.6 Å². The Morgan fingerprint density at radius 3 is 2.73 bits per heavy atom. The molecule has 2 fully saturated rings. The number of amides is 1. The van der Waals surface area contributed by atoms with Gasteiger partial charge in [0.1, 0.15) is 0 Å². The number of hydrogen-bond acceptors (Lipinski definition) is 5. The van der Waals surface area contributed by atoms with Crippen LogP contribution in [0.3, 0.4) is 0 Å². The molecule has 1 saturated heterocycles. The number of fused-ring (bicyclic) bond motifs is 2. The molecule has 30 heavy (non-hydrogen) atoms. The van der Waals surface area contributed by atoms with E-state index < -0.39 is 16.1 Å². The summed E-state index contributed by atoms with van der Waals surface area (Å²) in [6.45, 7) is 4.01. The van der Waals surface area contributed by atoms with Gasteiger partial charge in [-0.05, 0) is 49.4 Å². The molecule has 3 aromatic rings. The van der Waals surface area contributed by atoms with Crippen LogP contribution < -0.4 is 10.6 Å². The first kappa shape index (κ1) is 19.3. The van der Waals surface area contributed by atoms with E-state index in [4.69, 9.17) is 0 Å². The van der Waals surface area contributed by atoms with Crippen molar-refractivity contribution in [2.75, 3.05) is 0 Å². The predicted octanol–water partition coefficient (Wildman–Crippen LogP) is 2.59. The summed E-state index contributed by atoms with van der Waals surface area (Å²) < 4.78 is 28.3. The van der Waals surface area contributed by atoms with E-state index in [1.54, 1.807) is 54.9 Å². The second-order valence-corrected chi connectivity index (χ2v) is 10.4. The summed E-state index contributed by atoms with van der Waals surface area (Å²) in [5.41, 5.74) is 1.27. The molecule has 2 N–H and O–H groups in total. The number of hydrogen-bond donors (Lipinski definition) is 2. The van der Waals surface area contributed by atoms with Crippen LogP contribution in [0.25, 0.3) is 10.9 Å². The first-order chi connectivity index (χ1) is 14.3. The lowest BCUT2D eigenvalue weighted by atomic mass is 10.0. The van der Waals surface area contributed by atoms with Crippen molar-refractivity contribution in [2.24, 2.45) is 5.41 Å². The summed E-state index contributed by atoms with van der Waals surface area (Å²) in [5.74, 6) is -0.0945. The van der Waals surface area contributed by atoms with Crippen LogP contribution in [0.15, 0.2) is 59.8 Å². The standard InChI is InChI=1S/C22H24N4O3S/c1-14(24-21(27)17-11-22(2)12-20(22)25-17)19-10-15-13-23-9-8-18(15)26(19)30(28,29)16-6-4-3-5-7-16/h3-10,13-14,17,20,25H,11-12H2,1-2H3,(H,24,27)/t14?,17-,20-,22+/m0/s1. The van der Waals surface area contributed by atoms with Gasteiger partial charge in [-0.2, -0.15) is 0 Å². The van der Waals surface area contributed by atoms with Crippen LogP contribution >= 0.6 is 0 Å². The summed E-state index contributed by atoms with van der Waals surface area (Å²) in [7, 11) is -3.84. The van der Waals surface area contributed by atoms with Crippen molar-refractivity contribution < 1.29 is 13.2 Å². The van der Waals surface area contributed by atoms with Crippen LogP contribution in [-0.2, 0) is 14.8 Å². The van der Waals surface area contributed by atoms with Gasteiger partial charge in [0.2, 0.25) is 5.91 Å². The lowest BCUT2D eigenvalue weighted by Crippen LogP contribution is -2.43. The molecule has 1 aromatic carbocycles. The highest BCUT2D eigenvalue weighted by molar-refractivity contribution is 7.90. The summed E-state index contributed by atoms with van der Waals surface area (Å²) in [4.78, 5) is 17.2. The van der Waals surface area contributed by atoms with Gasteiger partial charge in [0, 0.05) is 23.8 Å². The van der Waals surface area contributed by atoms with E-state index >= 15 is 0 Å². The highest BCUT2D eigenvalue weighted by Crippen LogP contribution is 2.53. The zero-order valence-electron chi connectivity index (χ0n) is 16.9. The molecule has 1 unspecified atom stereocenters. The molecule has 1 saturated carbocycles. The van der Waals surface area contributed by atoms with E-state index in [2.05, 4.69) is 22.5 Å². The van der Waals surface area contributed by atoms with Gasteiger partial charge in [-0.1, -0.05) is 25.1 Å². The van der Waals surface area contributed by atoms with E-state index in [0.29, 0.717) is 22.6 Å². The number of piperidine rings is 1. The van der Waals surface area contributed by atoms with Gasteiger partial charge in [0.25, 0.3) is 10.0 Å². The molecule has 4 atom stereocenters. The van der Waals surface area contributed by atoms with Gasteiger partial charge in [0.05, 0.1) is 28.2 Å². The molecule has 3 heterocycles. The van der Waals surface area contributed by atoms with Crippen molar-refractivity contribution in [2.45, 2.75) is 49.7 Å². The molecule has 7 nitrogen and oxygen atoms in total. The summed E-state index contributed by atoms with van der Waals surface area (Å²) in [5, 5.41) is 7.10. The molecule has 2 aliphatic rings. The number of benzene rings is 1. The SMILES string of the molecule is CC(NC(=O)[C@@H]1C[C@]2(C)C[C@@H]2N1)c1cc2cnccc2n1S(=O)(=O)c1ccccc1. The lowest BCUT2D eigenvalue weighted by molar-refractivity contribution is -0.123. The van der Waals surface area contributed by atoms with Crippen LogP contribution in [0.4, 0.5) is 0 Å². The Balaban J connectivity index is 1.51. The third-order valence-electron chi connectivity index (χ3n) is 6.41. The molecule has 0 spiro atoms. The van der Waals surface area contributed by atoms with E-state index in [0.717, 1.165) is 12.8 Å². The largest absolute Gasteiger partial charge is 0.347 e. The normalized spacial score (nSPS) is 26.3. The van der Waals surface area contributed by atoms with Gasteiger partial charge in [0.15, 0.2) is 0 Å². The lowest BCUT2D eigenvalue weighted by Gasteiger charge is -2.21. The second-order valence-electron chi connectivity index (χ2n) is 8.65. The second kappa shape index (κ2) is 6.65. The number of pyridine rings is 1. The quantitative estimate of drug-likeness (QED) is 0.657. The Labute approximate surface area is 175 Å². The van der Waals surface area contributed by atoms with Gasteiger partial charge < -0.3 is 10.6 Å². The zero-order chi connectivity index (χ0) is 21.1. The van der Waals surface area contributed by atoms with E-state index in [1.807, 2.05) is 6.92 Å². The molecule has 1 amide bonds. The Bertz CT molecular complexity index is 1240. The van der Waals surface area contributed by atoms with E-state index in [1.165, 1.54) is 3.97 Å². The van der Waals surface area contributed by atoms with Crippen molar-refractivity contribution >= 4 is 26.8 Å². The van der Waals surface area contributed by atoms with Crippen LogP contribution in [0.2, 0.25) is 0 Å².